The summed E-state index contributed by atoms with van der Waals surface area (Å²) < 4.78 is 13.1. The maximum absolute atomic E-state index is 13.1. The lowest BCUT2D eigenvalue weighted by Gasteiger charge is -2.10. The topological polar surface area (TPSA) is 35.8 Å². The Morgan fingerprint density at radius 1 is 1.22 bits per heavy atom. The molecule has 0 amide bonds. The third-order valence-electron chi connectivity index (χ3n) is 2.81. The van der Waals surface area contributed by atoms with Crippen LogP contribution >= 0.6 is 0 Å². The summed E-state index contributed by atoms with van der Waals surface area (Å²) in [5, 5.41) is 12.1. The van der Waals surface area contributed by atoms with Crippen molar-refractivity contribution < 1.29 is 4.39 Å². The van der Waals surface area contributed by atoms with Gasteiger partial charge in [-0.2, -0.15) is 5.26 Å². The van der Waals surface area contributed by atoms with E-state index in [4.69, 9.17) is 5.26 Å². The number of nitrogens with zero attached hydrogens (tertiary/aromatic N) is 1. The molecule has 2 rings (SSSR count). The maximum Gasteiger partial charge on any atom is 0.125 e. The SMILES string of the molecule is Cc1ccc(F)cc1NCc1ccccc1C#N. The monoisotopic (exact) mass is 240 g/mol. The third kappa shape index (κ3) is 2.67. The van der Waals surface area contributed by atoms with Crippen LogP contribution in [0.3, 0.4) is 0 Å². The van der Waals surface area contributed by atoms with Crippen molar-refractivity contribution in [2.24, 2.45) is 0 Å². The van der Waals surface area contributed by atoms with Crippen LogP contribution in [0.25, 0.3) is 0 Å². The van der Waals surface area contributed by atoms with Gasteiger partial charge in [0.05, 0.1) is 11.6 Å². The molecule has 0 aliphatic heterocycles. The molecule has 2 aromatic carbocycles. The molecule has 0 aromatic heterocycles. The number of hydrogen-bond acceptors (Lipinski definition) is 2. The molecule has 1 N–H and O–H groups in total. The number of aryl methyl sites for hydroxylation is 1. The number of nitriles is 1. The van der Waals surface area contributed by atoms with Crippen molar-refractivity contribution in [1.29, 1.82) is 5.26 Å². The summed E-state index contributed by atoms with van der Waals surface area (Å²) in [7, 11) is 0. The van der Waals surface area contributed by atoms with Crippen LogP contribution in [0, 0.1) is 24.1 Å². The highest BCUT2D eigenvalue weighted by Crippen LogP contribution is 2.17. The molecular formula is C15H13FN2. The van der Waals surface area contributed by atoms with Gasteiger partial charge in [0.2, 0.25) is 0 Å². The highest BCUT2D eigenvalue weighted by Gasteiger charge is 2.03. The van der Waals surface area contributed by atoms with E-state index in [9.17, 15) is 4.39 Å². The molecule has 0 heterocycles. The second kappa shape index (κ2) is 5.33. The van der Waals surface area contributed by atoms with Crippen LogP contribution in [0.5, 0.6) is 0 Å². The predicted molar refractivity (Wildman–Crippen MR) is 69.6 cm³/mol. The fourth-order valence-electron chi connectivity index (χ4n) is 1.76. The summed E-state index contributed by atoms with van der Waals surface area (Å²) in [5.41, 5.74) is 3.27. The van der Waals surface area contributed by atoms with E-state index in [1.54, 1.807) is 12.1 Å². The Kier molecular flexibility index (Phi) is 3.59. The van der Waals surface area contributed by atoms with Crippen molar-refractivity contribution in [2.45, 2.75) is 13.5 Å². The molecule has 0 saturated heterocycles. The van der Waals surface area contributed by atoms with Gasteiger partial charge in [0.25, 0.3) is 0 Å². The molecule has 0 fully saturated rings. The Balaban J connectivity index is 2.17. The largest absolute Gasteiger partial charge is 0.381 e. The van der Waals surface area contributed by atoms with Crippen molar-refractivity contribution in [1.82, 2.24) is 0 Å². The Morgan fingerprint density at radius 3 is 2.78 bits per heavy atom. The van der Waals surface area contributed by atoms with Crippen molar-refractivity contribution in [3.05, 3.63) is 65.0 Å². The van der Waals surface area contributed by atoms with Crippen molar-refractivity contribution in [2.75, 3.05) is 5.32 Å². The quantitative estimate of drug-likeness (QED) is 0.889. The molecule has 0 spiro atoms. The molecule has 90 valence electrons. The van der Waals surface area contributed by atoms with Crippen molar-refractivity contribution in [3.8, 4) is 6.07 Å². The van der Waals surface area contributed by atoms with Crippen LogP contribution in [0.15, 0.2) is 42.5 Å². The number of hydrogen-bond donors (Lipinski definition) is 1. The van der Waals surface area contributed by atoms with Gasteiger partial charge >= 0.3 is 0 Å². The minimum Gasteiger partial charge on any atom is -0.381 e. The number of nitrogens with one attached hydrogen (secondary N) is 1. The summed E-state index contributed by atoms with van der Waals surface area (Å²) in [6, 6.07) is 14.1. The average molecular weight is 240 g/mol. The lowest BCUT2D eigenvalue weighted by Crippen LogP contribution is -2.03. The molecule has 18 heavy (non-hydrogen) atoms. The van der Waals surface area contributed by atoms with Gasteiger partial charge in [-0.15, -0.1) is 0 Å². The van der Waals surface area contributed by atoms with Gasteiger partial charge in [0, 0.05) is 12.2 Å². The number of anilines is 1. The van der Waals surface area contributed by atoms with E-state index in [0.717, 1.165) is 16.8 Å². The molecule has 0 unspecified atom stereocenters. The highest BCUT2D eigenvalue weighted by molar-refractivity contribution is 5.51. The smallest absolute Gasteiger partial charge is 0.125 e. The summed E-state index contributed by atoms with van der Waals surface area (Å²) in [6.45, 7) is 2.42. The second-order valence-electron chi connectivity index (χ2n) is 4.08. The first-order chi connectivity index (χ1) is 8.70. The van der Waals surface area contributed by atoms with E-state index in [1.807, 2.05) is 25.1 Å². The molecule has 3 heteroatoms. The van der Waals surface area contributed by atoms with Gasteiger partial charge in [-0.1, -0.05) is 24.3 Å². The maximum atomic E-state index is 13.1. The molecule has 0 saturated carbocycles. The fourth-order valence-corrected chi connectivity index (χ4v) is 1.76. The number of benzene rings is 2. The Morgan fingerprint density at radius 2 is 2.00 bits per heavy atom. The fraction of sp³-hybridized carbons (Fsp3) is 0.133. The van der Waals surface area contributed by atoms with Gasteiger partial charge in [-0.25, -0.2) is 4.39 Å². The first-order valence-corrected chi connectivity index (χ1v) is 5.69. The van der Waals surface area contributed by atoms with E-state index in [2.05, 4.69) is 11.4 Å². The normalized spacial score (nSPS) is 9.83. The lowest BCUT2D eigenvalue weighted by atomic mass is 10.1. The van der Waals surface area contributed by atoms with Crippen LogP contribution in [-0.2, 0) is 6.54 Å². The summed E-state index contributed by atoms with van der Waals surface area (Å²) in [5.74, 6) is -0.267. The van der Waals surface area contributed by atoms with Gasteiger partial charge in [0.1, 0.15) is 5.82 Å². The molecule has 0 aliphatic carbocycles. The molecule has 0 atom stereocenters. The first-order valence-electron chi connectivity index (χ1n) is 5.69. The average Bonchev–Trinajstić information content (AvgIpc) is 2.40. The van der Waals surface area contributed by atoms with Gasteiger partial charge < -0.3 is 5.32 Å². The standard InChI is InChI=1S/C15H13FN2/c1-11-6-7-14(16)8-15(11)18-10-13-5-3-2-4-12(13)9-17/h2-8,18H,10H2,1H3. The molecular weight excluding hydrogens is 227 g/mol. The third-order valence-corrected chi connectivity index (χ3v) is 2.81. The number of halogens is 1. The van der Waals surface area contributed by atoms with Crippen molar-refractivity contribution >= 4 is 5.69 Å². The predicted octanol–water partition coefficient (Wildman–Crippen LogP) is 3.62. The molecule has 2 nitrogen and oxygen atoms in total. The molecule has 0 bridgehead atoms. The van der Waals surface area contributed by atoms with Crippen LogP contribution in [0.2, 0.25) is 0 Å². The Labute approximate surface area is 106 Å². The lowest BCUT2D eigenvalue weighted by molar-refractivity contribution is 0.628. The zero-order valence-electron chi connectivity index (χ0n) is 10.1. The highest BCUT2D eigenvalue weighted by atomic mass is 19.1. The van der Waals surface area contributed by atoms with Gasteiger partial charge in [-0.05, 0) is 36.2 Å². The zero-order valence-corrected chi connectivity index (χ0v) is 10.1. The van der Waals surface area contributed by atoms with Gasteiger partial charge in [0.15, 0.2) is 0 Å². The minimum absolute atomic E-state index is 0.267. The Bertz CT molecular complexity index is 600. The summed E-state index contributed by atoms with van der Waals surface area (Å²) in [4.78, 5) is 0. The van der Waals surface area contributed by atoms with E-state index in [-0.39, 0.29) is 5.82 Å². The van der Waals surface area contributed by atoms with Crippen LogP contribution < -0.4 is 5.32 Å². The van der Waals surface area contributed by atoms with E-state index >= 15 is 0 Å². The summed E-state index contributed by atoms with van der Waals surface area (Å²) >= 11 is 0. The van der Waals surface area contributed by atoms with Crippen LogP contribution in [0.4, 0.5) is 10.1 Å². The zero-order chi connectivity index (χ0) is 13.0. The van der Waals surface area contributed by atoms with Gasteiger partial charge in [-0.3, -0.25) is 0 Å². The number of rotatable bonds is 3. The Hall–Kier alpha value is -2.34. The molecule has 2 aromatic rings. The molecule has 0 aliphatic rings. The van der Waals surface area contributed by atoms with Crippen LogP contribution in [0.1, 0.15) is 16.7 Å². The second-order valence-corrected chi connectivity index (χ2v) is 4.08. The minimum atomic E-state index is -0.267. The van der Waals surface area contributed by atoms with E-state index in [0.29, 0.717) is 12.1 Å². The van der Waals surface area contributed by atoms with Crippen LogP contribution in [-0.4, -0.2) is 0 Å². The summed E-state index contributed by atoms with van der Waals surface area (Å²) in [6.07, 6.45) is 0. The van der Waals surface area contributed by atoms with E-state index in [1.165, 1.54) is 12.1 Å². The van der Waals surface area contributed by atoms with Crippen molar-refractivity contribution in [3.63, 3.8) is 0 Å². The van der Waals surface area contributed by atoms with E-state index < -0.39 is 0 Å². The first kappa shape index (κ1) is 12.1. The molecule has 0 radical (unpaired) electrons.